The average molecular weight is 270 g/mol. The molecule has 0 fully saturated rings. The summed E-state index contributed by atoms with van der Waals surface area (Å²) in [5, 5.41) is 8.45. The predicted octanol–water partition coefficient (Wildman–Crippen LogP) is 4.00. The number of aliphatic hydroxyl groups is 1. The summed E-state index contributed by atoms with van der Waals surface area (Å²) < 4.78 is 4.78. The molecule has 0 saturated heterocycles. The monoisotopic (exact) mass is 270 g/mol. The Kier molecular flexibility index (Phi) is 14.6. The van der Waals surface area contributed by atoms with Crippen LogP contribution in [0.25, 0.3) is 0 Å². The van der Waals surface area contributed by atoms with Crippen molar-refractivity contribution < 1.29 is 14.6 Å². The molecule has 3 nitrogen and oxygen atoms in total. The minimum atomic E-state index is -0.519. The minimum Gasteiger partial charge on any atom is -0.464 e. The van der Waals surface area contributed by atoms with E-state index in [9.17, 15) is 4.79 Å². The molecule has 0 bridgehead atoms. The lowest BCUT2D eigenvalue weighted by atomic mass is 10.1. The highest BCUT2D eigenvalue weighted by atomic mass is 16.5. The van der Waals surface area contributed by atoms with Gasteiger partial charge in [0, 0.05) is 0 Å². The van der Waals surface area contributed by atoms with Crippen LogP contribution in [0, 0.1) is 0 Å². The van der Waals surface area contributed by atoms with Crippen LogP contribution < -0.4 is 0 Å². The first-order valence-electron chi connectivity index (χ1n) is 7.72. The summed E-state index contributed by atoms with van der Waals surface area (Å²) >= 11 is 0. The summed E-state index contributed by atoms with van der Waals surface area (Å²) in [6.07, 6.45) is 16.7. The van der Waals surface area contributed by atoms with E-state index in [4.69, 9.17) is 9.84 Å². The van der Waals surface area contributed by atoms with Gasteiger partial charge in [0.05, 0.1) is 6.61 Å². The Bertz CT molecular complexity index is 224. The van der Waals surface area contributed by atoms with Crippen molar-refractivity contribution in [2.75, 3.05) is 13.2 Å². The van der Waals surface area contributed by atoms with Gasteiger partial charge in [0.1, 0.15) is 6.61 Å². The van der Waals surface area contributed by atoms with Crippen LogP contribution in [-0.4, -0.2) is 24.3 Å². The van der Waals surface area contributed by atoms with Gasteiger partial charge < -0.3 is 9.84 Å². The van der Waals surface area contributed by atoms with Gasteiger partial charge >= 0.3 is 5.97 Å². The molecule has 0 aromatic rings. The zero-order chi connectivity index (χ0) is 14.2. The Hall–Kier alpha value is -0.830. The summed E-state index contributed by atoms with van der Waals surface area (Å²) in [6, 6.07) is 0. The fraction of sp³-hybridized carbons (Fsp3) is 0.812. The Balaban J connectivity index is 3.06. The summed E-state index contributed by atoms with van der Waals surface area (Å²) in [6.45, 7) is 2.16. The fourth-order valence-corrected chi connectivity index (χ4v) is 1.86. The highest BCUT2D eigenvalue weighted by molar-refractivity contribution is 5.70. The zero-order valence-electron chi connectivity index (χ0n) is 12.4. The van der Waals surface area contributed by atoms with Crippen molar-refractivity contribution >= 4 is 5.97 Å². The highest BCUT2D eigenvalue weighted by Gasteiger charge is 1.98. The number of esters is 1. The number of hydrogen-bond donors (Lipinski definition) is 1. The van der Waals surface area contributed by atoms with Gasteiger partial charge in [-0.3, -0.25) is 0 Å². The molecule has 0 rings (SSSR count). The molecule has 19 heavy (non-hydrogen) atoms. The van der Waals surface area contributed by atoms with E-state index in [2.05, 4.69) is 19.1 Å². The third-order valence-corrected chi connectivity index (χ3v) is 3.05. The molecule has 0 aliphatic heterocycles. The normalized spacial score (nSPS) is 11.1. The van der Waals surface area contributed by atoms with Crippen LogP contribution in [0.5, 0.6) is 0 Å². The molecular weight excluding hydrogens is 240 g/mol. The fourth-order valence-electron chi connectivity index (χ4n) is 1.86. The second-order valence-electron chi connectivity index (χ2n) is 4.90. The van der Waals surface area contributed by atoms with E-state index in [1.807, 2.05) is 0 Å². The third kappa shape index (κ3) is 15.1. The predicted molar refractivity (Wildman–Crippen MR) is 79.0 cm³/mol. The van der Waals surface area contributed by atoms with Crippen molar-refractivity contribution in [2.45, 2.75) is 71.1 Å². The number of hydrogen-bond acceptors (Lipinski definition) is 3. The number of ether oxygens (including phenoxy) is 1. The first kappa shape index (κ1) is 18.2. The highest BCUT2D eigenvalue weighted by Crippen LogP contribution is 2.08. The van der Waals surface area contributed by atoms with Gasteiger partial charge in [0.15, 0.2) is 0 Å². The number of carbonyl (C=O) groups is 1. The smallest absolute Gasteiger partial charge is 0.331 e. The van der Waals surface area contributed by atoms with Gasteiger partial charge in [-0.2, -0.15) is 0 Å². The zero-order valence-corrected chi connectivity index (χ0v) is 12.4. The van der Waals surface area contributed by atoms with E-state index < -0.39 is 12.6 Å². The molecule has 0 aliphatic carbocycles. The van der Waals surface area contributed by atoms with Crippen LogP contribution in [0.4, 0.5) is 0 Å². The summed E-state index contributed by atoms with van der Waals surface area (Å²) in [4.78, 5) is 10.6. The second-order valence-corrected chi connectivity index (χ2v) is 4.90. The van der Waals surface area contributed by atoms with Crippen LogP contribution in [0.3, 0.4) is 0 Å². The first-order valence-corrected chi connectivity index (χ1v) is 7.72. The molecule has 3 heteroatoms. The molecule has 0 aliphatic rings. The van der Waals surface area contributed by atoms with E-state index in [0.29, 0.717) is 6.61 Å². The van der Waals surface area contributed by atoms with Crippen LogP contribution in [-0.2, 0) is 9.53 Å². The lowest BCUT2D eigenvalue weighted by Gasteiger charge is -2.02. The maximum Gasteiger partial charge on any atom is 0.331 e. The van der Waals surface area contributed by atoms with Crippen molar-refractivity contribution in [1.29, 1.82) is 0 Å². The maximum atomic E-state index is 10.6. The quantitative estimate of drug-likeness (QED) is 0.312. The second kappa shape index (κ2) is 15.2. The number of aliphatic hydroxyl groups excluding tert-OH is 1. The van der Waals surface area contributed by atoms with Crippen molar-refractivity contribution in [1.82, 2.24) is 0 Å². The van der Waals surface area contributed by atoms with E-state index in [1.54, 1.807) is 0 Å². The van der Waals surface area contributed by atoms with Gasteiger partial charge in [-0.05, 0) is 25.7 Å². The van der Waals surface area contributed by atoms with E-state index in [0.717, 1.165) is 12.8 Å². The SMILES string of the molecule is CCCCC=CCCCCCCCCOC(=O)CO. The van der Waals surface area contributed by atoms with Crippen LogP contribution in [0.15, 0.2) is 12.2 Å². The van der Waals surface area contributed by atoms with E-state index in [1.165, 1.54) is 51.4 Å². The average Bonchev–Trinajstić information content (AvgIpc) is 2.43. The molecule has 0 aromatic carbocycles. The summed E-state index contributed by atoms with van der Waals surface area (Å²) in [7, 11) is 0. The van der Waals surface area contributed by atoms with Crippen molar-refractivity contribution in [3.05, 3.63) is 12.2 Å². The summed E-state index contributed by atoms with van der Waals surface area (Å²) in [5.41, 5.74) is 0. The first-order chi connectivity index (χ1) is 9.31. The third-order valence-electron chi connectivity index (χ3n) is 3.05. The van der Waals surface area contributed by atoms with Gasteiger partial charge in [0.2, 0.25) is 0 Å². The Morgan fingerprint density at radius 2 is 1.53 bits per heavy atom. The summed E-state index contributed by atoms with van der Waals surface area (Å²) in [5.74, 6) is -0.519. The van der Waals surface area contributed by atoms with Crippen molar-refractivity contribution in [3.63, 3.8) is 0 Å². The minimum absolute atomic E-state index is 0.444. The molecule has 0 saturated carbocycles. The topological polar surface area (TPSA) is 46.5 Å². The molecule has 0 atom stereocenters. The van der Waals surface area contributed by atoms with Crippen LogP contribution in [0.2, 0.25) is 0 Å². The van der Waals surface area contributed by atoms with Gasteiger partial charge in [0.25, 0.3) is 0 Å². The van der Waals surface area contributed by atoms with E-state index >= 15 is 0 Å². The molecule has 0 amide bonds. The Labute approximate surface area is 118 Å². The van der Waals surface area contributed by atoms with Gasteiger partial charge in [-0.1, -0.05) is 57.6 Å². The lowest BCUT2D eigenvalue weighted by molar-refractivity contribution is -0.147. The number of rotatable bonds is 13. The Morgan fingerprint density at radius 1 is 0.947 bits per heavy atom. The lowest BCUT2D eigenvalue weighted by Crippen LogP contribution is -2.09. The Morgan fingerprint density at radius 3 is 2.16 bits per heavy atom. The maximum absolute atomic E-state index is 10.6. The number of allylic oxidation sites excluding steroid dienone is 2. The number of unbranched alkanes of at least 4 members (excludes halogenated alkanes) is 8. The largest absolute Gasteiger partial charge is 0.464 e. The van der Waals surface area contributed by atoms with Crippen molar-refractivity contribution in [3.8, 4) is 0 Å². The van der Waals surface area contributed by atoms with Crippen molar-refractivity contribution in [2.24, 2.45) is 0 Å². The molecule has 0 aromatic heterocycles. The molecule has 1 N–H and O–H groups in total. The number of carbonyl (C=O) groups excluding carboxylic acids is 1. The molecule has 0 radical (unpaired) electrons. The molecule has 0 heterocycles. The molecule has 112 valence electrons. The van der Waals surface area contributed by atoms with Crippen LogP contribution >= 0.6 is 0 Å². The van der Waals surface area contributed by atoms with Gasteiger partial charge in [-0.15, -0.1) is 0 Å². The van der Waals surface area contributed by atoms with Gasteiger partial charge in [-0.25, -0.2) is 4.79 Å². The standard InChI is InChI=1S/C16H30O3/c1-2-3-4-5-6-7-8-9-10-11-12-13-14-19-16(18)15-17/h5-6,17H,2-4,7-15H2,1H3. The van der Waals surface area contributed by atoms with Crippen LogP contribution in [0.1, 0.15) is 71.1 Å². The molecule has 0 spiro atoms. The molecule has 0 unspecified atom stereocenters. The van der Waals surface area contributed by atoms with E-state index in [-0.39, 0.29) is 0 Å². The molecular formula is C16H30O3.